The predicted octanol–water partition coefficient (Wildman–Crippen LogP) is 3.88. The van der Waals surface area contributed by atoms with Gasteiger partial charge in [0, 0.05) is 6.20 Å². The molecule has 0 aliphatic heterocycles. The van der Waals surface area contributed by atoms with E-state index in [9.17, 15) is 14.0 Å². The molecule has 1 amide bonds. The number of amides is 1. The van der Waals surface area contributed by atoms with Crippen LogP contribution in [0.15, 0.2) is 29.3 Å². The number of hydrogen-bond donors (Lipinski definition) is 2. The number of carbonyl (C=O) groups excluding carboxylic acids is 1. The van der Waals surface area contributed by atoms with Crippen LogP contribution in [0.4, 0.5) is 9.18 Å². The molecule has 1 saturated carbocycles. The van der Waals surface area contributed by atoms with E-state index in [-0.39, 0.29) is 27.7 Å². The molecule has 8 nitrogen and oxygen atoms in total. The second-order valence-electron chi connectivity index (χ2n) is 8.31. The van der Waals surface area contributed by atoms with Gasteiger partial charge in [0.1, 0.15) is 17.2 Å². The monoisotopic (exact) mass is 433 g/mol. The second-order valence-corrected chi connectivity index (χ2v) is 8.72. The summed E-state index contributed by atoms with van der Waals surface area (Å²) in [6, 6.07) is 1.62. The Balaban J connectivity index is 1.90. The fraction of sp³-hybridized carbons (Fsp3) is 0.400. The first-order valence-electron chi connectivity index (χ1n) is 9.54. The molecule has 158 valence electrons. The topological polar surface area (TPSA) is 102 Å². The molecule has 0 bridgehead atoms. The first kappa shape index (κ1) is 20.3. The Bertz CT molecular complexity index is 1170. The first-order valence-corrected chi connectivity index (χ1v) is 9.92. The molecule has 2 heterocycles. The number of nitrogens with zero attached hydrogens (tertiary/aromatic N) is 3. The van der Waals surface area contributed by atoms with Crippen molar-refractivity contribution in [2.75, 3.05) is 0 Å². The zero-order chi connectivity index (χ0) is 21.6. The summed E-state index contributed by atoms with van der Waals surface area (Å²) in [5.74, 6) is -0.265. The molecule has 1 aliphatic carbocycles. The molecule has 10 heteroatoms. The quantitative estimate of drug-likeness (QED) is 0.650. The van der Waals surface area contributed by atoms with Crippen LogP contribution < -0.4 is 10.9 Å². The van der Waals surface area contributed by atoms with E-state index in [1.165, 1.54) is 17.0 Å². The van der Waals surface area contributed by atoms with Crippen LogP contribution >= 0.6 is 11.6 Å². The molecule has 0 spiro atoms. The van der Waals surface area contributed by atoms with E-state index in [0.717, 1.165) is 25.0 Å². The van der Waals surface area contributed by atoms with Gasteiger partial charge in [0.25, 0.3) is 5.56 Å². The van der Waals surface area contributed by atoms with E-state index in [1.54, 1.807) is 20.8 Å². The summed E-state index contributed by atoms with van der Waals surface area (Å²) in [6.45, 7) is 5.30. The Morgan fingerprint density at radius 3 is 2.73 bits per heavy atom. The van der Waals surface area contributed by atoms with Crippen LogP contribution in [0.5, 0.6) is 0 Å². The van der Waals surface area contributed by atoms with E-state index >= 15 is 0 Å². The predicted molar refractivity (Wildman–Crippen MR) is 109 cm³/mol. The fourth-order valence-corrected chi connectivity index (χ4v) is 3.56. The molecular weight excluding hydrogens is 413 g/mol. The highest BCUT2D eigenvalue weighted by Gasteiger charge is 2.38. The van der Waals surface area contributed by atoms with Crippen LogP contribution in [0.1, 0.15) is 45.5 Å². The lowest BCUT2D eigenvalue weighted by molar-refractivity contribution is 0.0493. The Hall–Kier alpha value is -2.94. The van der Waals surface area contributed by atoms with Gasteiger partial charge in [0.15, 0.2) is 0 Å². The first-order chi connectivity index (χ1) is 14.1. The van der Waals surface area contributed by atoms with Crippen LogP contribution in [-0.2, 0) is 4.74 Å². The van der Waals surface area contributed by atoms with E-state index in [1.807, 2.05) is 0 Å². The number of hydrogen-bond acceptors (Lipinski definition) is 5. The van der Waals surface area contributed by atoms with Crippen LogP contribution in [0.3, 0.4) is 0 Å². The van der Waals surface area contributed by atoms with Crippen LogP contribution in [0, 0.1) is 11.7 Å². The second kappa shape index (κ2) is 7.39. The van der Waals surface area contributed by atoms with Gasteiger partial charge in [-0.15, -0.1) is 0 Å². The van der Waals surface area contributed by atoms with Crippen LogP contribution in [-0.4, -0.2) is 31.4 Å². The van der Waals surface area contributed by atoms with Gasteiger partial charge < -0.3 is 10.1 Å². The lowest BCUT2D eigenvalue weighted by Gasteiger charge is -2.25. The largest absolute Gasteiger partial charge is 0.444 e. The van der Waals surface area contributed by atoms with E-state index in [2.05, 4.69) is 20.5 Å². The summed E-state index contributed by atoms with van der Waals surface area (Å²) >= 11 is 6.20. The third kappa shape index (κ3) is 4.02. The third-order valence-corrected chi connectivity index (χ3v) is 4.99. The van der Waals surface area contributed by atoms with Gasteiger partial charge in [0.2, 0.25) is 0 Å². The van der Waals surface area contributed by atoms with Gasteiger partial charge in [-0.05, 0) is 51.7 Å². The summed E-state index contributed by atoms with van der Waals surface area (Å²) in [5, 5.41) is 9.47. The molecule has 1 fully saturated rings. The minimum Gasteiger partial charge on any atom is -0.444 e. The number of fused-ring (bicyclic) bond motifs is 1. The van der Waals surface area contributed by atoms with Crippen molar-refractivity contribution in [1.82, 2.24) is 25.1 Å². The Morgan fingerprint density at radius 2 is 2.13 bits per heavy atom. The molecule has 0 saturated heterocycles. The number of alkyl carbamates (subject to hydrolysis) is 1. The molecule has 4 rings (SSSR count). The van der Waals surface area contributed by atoms with Crippen molar-refractivity contribution in [2.45, 2.75) is 45.3 Å². The van der Waals surface area contributed by atoms with Gasteiger partial charge in [-0.3, -0.25) is 14.5 Å². The van der Waals surface area contributed by atoms with Crippen molar-refractivity contribution in [3.63, 3.8) is 0 Å². The number of aromatic amines is 1. The third-order valence-electron chi connectivity index (χ3n) is 4.70. The molecule has 1 aliphatic rings. The number of nitrogens with one attached hydrogen (secondary N) is 2. The smallest absolute Gasteiger partial charge is 0.408 e. The van der Waals surface area contributed by atoms with Gasteiger partial charge in [0.05, 0.1) is 33.9 Å². The Labute approximate surface area is 176 Å². The van der Waals surface area contributed by atoms with Crippen molar-refractivity contribution in [2.24, 2.45) is 5.92 Å². The van der Waals surface area contributed by atoms with Crippen molar-refractivity contribution in [3.8, 4) is 5.69 Å². The molecule has 2 N–H and O–H groups in total. The van der Waals surface area contributed by atoms with E-state index < -0.39 is 29.1 Å². The molecular formula is C20H21ClFN5O3. The van der Waals surface area contributed by atoms with E-state index in [0.29, 0.717) is 5.69 Å². The molecule has 1 atom stereocenters. The maximum absolute atomic E-state index is 13.9. The van der Waals surface area contributed by atoms with Gasteiger partial charge in [-0.1, -0.05) is 11.6 Å². The number of carbonyl (C=O) groups is 1. The van der Waals surface area contributed by atoms with Gasteiger partial charge in [-0.25, -0.2) is 14.2 Å². The highest BCUT2D eigenvalue weighted by molar-refractivity contribution is 6.35. The average molecular weight is 434 g/mol. The zero-order valence-electron chi connectivity index (χ0n) is 16.7. The number of halogens is 2. The molecule has 0 unspecified atom stereocenters. The van der Waals surface area contributed by atoms with Crippen molar-refractivity contribution < 1.29 is 13.9 Å². The lowest BCUT2D eigenvalue weighted by atomic mass is 10.1. The molecule has 1 aromatic carbocycles. The number of ether oxygens (including phenoxy) is 1. The minimum atomic E-state index is -0.680. The van der Waals surface area contributed by atoms with Crippen LogP contribution in [0.2, 0.25) is 5.02 Å². The highest BCUT2D eigenvalue weighted by atomic mass is 35.5. The summed E-state index contributed by atoms with van der Waals surface area (Å²) in [6.07, 6.45) is 4.08. The SMILES string of the molecule is CC(C)(C)OC(=O)N[C@H](c1nc2c(Cl)cc(F)cc2c(=O)n1-c1cn[nH]c1)C1CC1. The minimum absolute atomic E-state index is 0.0227. The van der Waals surface area contributed by atoms with Crippen molar-refractivity contribution >= 4 is 28.6 Å². The molecule has 30 heavy (non-hydrogen) atoms. The fourth-order valence-electron chi connectivity index (χ4n) is 3.31. The number of benzene rings is 1. The summed E-state index contributed by atoms with van der Waals surface area (Å²) in [4.78, 5) is 30.4. The van der Waals surface area contributed by atoms with Gasteiger partial charge in [-0.2, -0.15) is 5.10 Å². The molecule has 2 aromatic heterocycles. The van der Waals surface area contributed by atoms with Crippen LogP contribution in [0.25, 0.3) is 16.6 Å². The Kier molecular flexibility index (Phi) is 5.01. The highest BCUT2D eigenvalue weighted by Crippen LogP contribution is 2.41. The standard InChI is InChI=1S/C20H21ClFN5O3/c1-20(2,3)30-19(29)26-15(10-4-5-10)17-25-16-13(6-11(22)7-14(16)21)18(28)27(17)12-8-23-24-9-12/h6-10,15H,4-5H2,1-3H3,(H,23,24)(H,26,29)/t15-/m0/s1. The number of aromatic nitrogens is 4. The average Bonchev–Trinajstić information content (AvgIpc) is 3.33. The zero-order valence-corrected chi connectivity index (χ0v) is 17.5. The van der Waals surface area contributed by atoms with Crippen molar-refractivity contribution in [3.05, 3.63) is 51.5 Å². The van der Waals surface area contributed by atoms with Crippen molar-refractivity contribution in [1.29, 1.82) is 0 Å². The molecule has 0 radical (unpaired) electrons. The lowest BCUT2D eigenvalue weighted by Crippen LogP contribution is -2.38. The Morgan fingerprint density at radius 1 is 1.40 bits per heavy atom. The number of H-pyrrole nitrogens is 1. The molecule has 3 aromatic rings. The van der Waals surface area contributed by atoms with Gasteiger partial charge >= 0.3 is 6.09 Å². The summed E-state index contributed by atoms with van der Waals surface area (Å²) in [5.41, 5.74) is -0.592. The maximum atomic E-state index is 13.9. The summed E-state index contributed by atoms with van der Waals surface area (Å²) < 4.78 is 20.6. The van der Waals surface area contributed by atoms with E-state index in [4.69, 9.17) is 16.3 Å². The number of rotatable bonds is 4. The maximum Gasteiger partial charge on any atom is 0.408 e. The summed E-state index contributed by atoms with van der Waals surface area (Å²) in [7, 11) is 0. The normalized spacial score (nSPS) is 15.2.